The summed E-state index contributed by atoms with van der Waals surface area (Å²) in [5.41, 5.74) is 0.194. The van der Waals surface area contributed by atoms with Crippen molar-refractivity contribution < 1.29 is 29.3 Å². The molecule has 0 aromatic heterocycles. The Bertz CT molecular complexity index is 473. The molecule has 0 radical (unpaired) electrons. The number of carboxylic acids is 1. The Hall–Kier alpha value is -2.28. The highest BCUT2D eigenvalue weighted by molar-refractivity contribution is 5.97. The number of aliphatic hydroxyl groups excluding tert-OH is 1. The molecular formula is C12H15NO6. The average molecular weight is 269 g/mol. The Labute approximate surface area is 109 Å². The second-order valence-corrected chi connectivity index (χ2v) is 3.63. The summed E-state index contributed by atoms with van der Waals surface area (Å²) in [6, 6.07) is 4.64. The predicted octanol–water partition coefficient (Wildman–Crippen LogP) is -0.121. The molecule has 0 fully saturated rings. The second-order valence-electron chi connectivity index (χ2n) is 3.63. The van der Waals surface area contributed by atoms with Crippen molar-refractivity contribution in [2.45, 2.75) is 6.10 Å². The van der Waals surface area contributed by atoms with Crippen LogP contribution in [-0.2, 0) is 4.79 Å². The van der Waals surface area contributed by atoms with E-state index in [4.69, 9.17) is 19.7 Å². The van der Waals surface area contributed by atoms with Gasteiger partial charge in [-0.15, -0.1) is 0 Å². The standard InChI is InChI=1S/C12H15NO6/c1-18-7-3-4-10(19-2)8(5-7)11(15)13-6-9(14)12(16)17/h3-5,9,14H,6H2,1-2H3,(H,13,15)(H,16,17). The highest BCUT2D eigenvalue weighted by Crippen LogP contribution is 2.23. The van der Waals surface area contributed by atoms with Crippen LogP contribution in [0, 0.1) is 0 Å². The summed E-state index contributed by atoms with van der Waals surface area (Å²) < 4.78 is 10.0. The number of hydrogen-bond acceptors (Lipinski definition) is 5. The molecule has 1 aromatic carbocycles. The average Bonchev–Trinajstić information content (AvgIpc) is 2.43. The maximum Gasteiger partial charge on any atom is 0.334 e. The number of rotatable bonds is 6. The first-order valence-corrected chi connectivity index (χ1v) is 5.40. The number of carboxylic acid groups (broad SMARTS) is 1. The summed E-state index contributed by atoms with van der Waals surface area (Å²) in [6.45, 7) is -0.394. The highest BCUT2D eigenvalue weighted by atomic mass is 16.5. The molecule has 1 unspecified atom stereocenters. The van der Waals surface area contributed by atoms with E-state index in [0.717, 1.165) is 0 Å². The number of ether oxygens (including phenoxy) is 2. The van der Waals surface area contributed by atoms with Gasteiger partial charge in [0.2, 0.25) is 0 Å². The maximum absolute atomic E-state index is 11.9. The number of nitrogens with one attached hydrogen (secondary N) is 1. The largest absolute Gasteiger partial charge is 0.497 e. The molecule has 0 aliphatic rings. The van der Waals surface area contributed by atoms with Crippen LogP contribution in [-0.4, -0.2) is 49.0 Å². The zero-order valence-electron chi connectivity index (χ0n) is 10.5. The lowest BCUT2D eigenvalue weighted by molar-refractivity contribution is -0.146. The Kier molecular flexibility index (Phi) is 5.13. The van der Waals surface area contributed by atoms with Gasteiger partial charge in [0, 0.05) is 0 Å². The van der Waals surface area contributed by atoms with E-state index >= 15 is 0 Å². The summed E-state index contributed by atoms with van der Waals surface area (Å²) in [7, 11) is 2.86. The van der Waals surface area contributed by atoms with Crippen LogP contribution in [0.25, 0.3) is 0 Å². The van der Waals surface area contributed by atoms with Crippen LogP contribution >= 0.6 is 0 Å². The lowest BCUT2D eigenvalue weighted by Crippen LogP contribution is -2.36. The fourth-order valence-corrected chi connectivity index (χ4v) is 1.36. The molecule has 0 aliphatic heterocycles. The van der Waals surface area contributed by atoms with E-state index in [1.807, 2.05) is 0 Å². The lowest BCUT2D eigenvalue weighted by Gasteiger charge is -2.11. The van der Waals surface area contributed by atoms with Crippen molar-refractivity contribution in [2.75, 3.05) is 20.8 Å². The quantitative estimate of drug-likeness (QED) is 0.665. The molecule has 0 spiro atoms. The predicted molar refractivity (Wildman–Crippen MR) is 65.5 cm³/mol. The number of aliphatic hydroxyl groups is 1. The summed E-state index contributed by atoms with van der Waals surface area (Å²) in [5, 5.41) is 19.9. The van der Waals surface area contributed by atoms with Gasteiger partial charge in [-0.1, -0.05) is 0 Å². The van der Waals surface area contributed by atoms with Crippen molar-refractivity contribution in [1.29, 1.82) is 0 Å². The van der Waals surface area contributed by atoms with Gasteiger partial charge in [-0.2, -0.15) is 0 Å². The van der Waals surface area contributed by atoms with Crippen LogP contribution in [0.3, 0.4) is 0 Å². The van der Waals surface area contributed by atoms with Gasteiger partial charge in [0.1, 0.15) is 11.5 Å². The zero-order chi connectivity index (χ0) is 14.4. The van der Waals surface area contributed by atoms with Gasteiger partial charge in [0.25, 0.3) is 5.91 Å². The molecule has 0 saturated carbocycles. The summed E-state index contributed by atoms with van der Waals surface area (Å²) in [6.07, 6.45) is -1.65. The Morgan fingerprint density at radius 3 is 2.53 bits per heavy atom. The van der Waals surface area contributed by atoms with Gasteiger partial charge < -0.3 is 25.0 Å². The lowest BCUT2D eigenvalue weighted by atomic mass is 10.1. The third-order valence-corrected chi connectivity index (χ3v) is 2.39. The minimum absolute atomic E-state index is 0.194. The van der Waals surface area contributed by atoms with Crippen LogP contribution < -0.4 is 14.8 Å². The SMILES string of the molecule is COc1ccc(OC)c(C(=O)NCC(O)C(=O)O)c1. The van der Waals surface area contributed by atoms with Crippen LogP contribution in [0.1, 0.15) is 10.4 Å². The topological polar surface area (TPSA) is 105 Å². The second kappa shape index (κ2) is 6.60. The third kappa shape index (κ3) is 3.85. The molecule has 7 heteroatoms. The minimum Gasteiger partial charge on any atom is -0.497 e. The Morgan fingerprint density at radius 2 is 2.00 bits per heavy atom. The summed E-state index contributed by atoms with van der Waals surface area (Å²) in [4.78, 5) is 22.3. The number of aliphatic carboxylic acids is 1. The molecule has 1 rings (SSSR count). The van der Waals surface area contributed by atoms with Gasteiger partial charge in [-0.3, -0.25) is 4.79 Å². The molecule has 1 aromatic rings. The normalized spacial score (nSPS) is 11.5. The van der Waals surface area contributed by atoms with Crippen molar-refractivity contribution in [3.63, 3.8) is 0 Å². The zero-order valence-corrected chi connectivity index (χ0v) is 10.5. The first-order chi connectivity index (χ1) is 8.99. The maximum atomic E-state index is 11.9. The van der Waals surface area contributed by atoms with Crippen molar-refractivity contribution >= 4 is 11.9 Å². The van der Waals surface area contributed by atoms with Gasteiger partial charge in [0.05, 0.1) is 26.3 Å². The van der Waals surface area contributed by atoms with Crippen molar-refractivity contribution in [3.05, 3.63) is 23.8 Å². The molecule has 1 atom stereocenters. The van der Waals surface area contributed by atoms with Crippen molar-refractivity contribution in [2.24, 2.45) is 0 Å². The number of carbonyl (C=O) groups excluding carboxylic acids is 1. The number of carbonyl (C=O) groups is 2. The van der Waals surface area contributed by atoms with E-state index in [-0.39, 0.29) is 5.56 Å². The Morgan fingerprint density at radius 1 is 1.32 bits per heavy atom. The molecule has 7 nitrogen and oxygen atoms in total. The van der Waals surface area contributed by atoms with E-state index in [1.165, 1.54) is 20.3 Å². The first-order valence-electron chi connectivity index (χ1n) is 5.40. The van der Waals surface area contributed by atoms with Gasteiger partial charge in [0.15, 0.2) is 6.10 Å². The van der Waals surface area contributed by atoms with Crippen LogP contribution in [0.15, 0.2) is 18.2 Å². The first kappa shape index (κ1) is 14.8. The molecule has 3 N–H and O–H groups in total. The fraction of sp³-hybridized carbons (Fsp3) is 0.333. The minimum atomic E-state index is -1.65. The third-order valence-electron chi connectivity index (χ3n) is 2.39. The molecule has 0 saturated heterocycles. The van der Waals surface area contributed by atoms with Crippen LogP contribution in [0.5, 0.6) is 11.5 Å². The van der Waals surface area contributed by atoms with Crippen LogP contribution in [0.2, 0.25) is 0 Å². The van der Waals surface area contributed by atoms with Gasteiger partial charge >= 0.3 is 5.97 Å². The van der Waals surface area contributed by atoms with E-state index in [2.05, 4.69) is 5.32 Å². The molecule has 0 bridgehead atoms. The monoisotopic (exact) mass is 269 g/mol. The Balaban J connectivity index is 2.83. The van der Waals surface area contributed by atoms with Crippen LogP contribution in [0.4, 0.5) is 0 Å². The molecule has 104 valence electrons. The highest BCUT2D eigenvalue weighted by Gasteiger charge is 2.17. The summed E-state index contributed by atoms with van der Waals surface area (Å²) in [5.74, 6) is -1.18. The number of hydrogen-bond donors (Lipinski definition) is 3. The van der Waals surface area contributed by atoms with E-state index < -0.39 is 24.5 Å². The number of benzene rings is 1. The fourth-order valence-electron chi connectivity index (χ4n) is 1.36. The molecule has 19 heavy (non-hydrogen) atoms. The van der Waals surface area contributed by atoms with Gasteiger partial charge in [-0.05, 0) is 18.2 Å². The van der Waals surface area contributed by atoms with E-state index in [1.54, 1.807) is 12.1 Å². The van der Waals surface area contributed by atoms with E-state index in [0.29, 0.717) is 11.5 Å². The molecular weight excluding hydrogens is 254 g/mol. The number of amides is 1. The number of methoxy groups -OCH3 is 2. The van der Waals surface area contributed by atoms with Crippen molar-refractivity contribution in [3.8, 4) is 11.5 Å². The molecule has 0 heterocycles. The smallest absolute Gasteiger partial charge is 0.334 e. The van der Waals surface area contributed by atoms with E-state index in [9.17, 15) is 9.59 Å². The molecule has 0 aliphatic carbocycles. The molecule has 1 amide bonds. The van der Waals surface area contributed by atoms with Gasteiger partial charge in [-0.25, -0.2) is 4.79 Å². The summed E-state index contributed by atoms with van der Waals surface area (Å²) >= 11 is 0. The van der Waals surface area contributed by atoms with Crippen molar-refractivity contribution in [1.82, 2.24) is 5.32 Å².